The number of carbonyl (C=O) groups is 3. The van der Waals surface area contributed by atoms with Gasteiger partial charge in [0.1, 0.15) is 5.54 Å². The molecule has 3 aliphatic rings. The Hall–Kier alpha value is -1.79. The van der Waals surface area contributed by atoms with Crippen molar-refractivity contribution in [1.29, 1.82) is 0 Å². The highest BCUT2D eigenvalue weighted by Crippen LogP contribution is 2.37. The smallest absolute Gasteiger partial charge is 0.322 e. The van der Waals surface area contributed by atoms with Crippen molar-refractivity contribution in [2.24, 2.45) is 5.92 Å². The molecule has 2 saturated carbocycles. The number of imide groups is 1. The van der Waals surface area contributed by atoms with E-state index in [0.717, 1.165) is 25.7 Å². The molecule has 4 N–H and O–H groups in total. The summed E-state index contributed by atoms with van der Waals surface area (Å²) in [5, 5.41) is 11.0. The summed E-state index contributed by atoms with van der Waals surface area (Å²) in [6.45, 7) is 0.409. The molecule has 0 bridgehead atoms. The van der Waals surface area contributed by atoms with E-state index in [-0.39, 0.29) is 23.9 Å². The summed E-state index contributed by atoms with van der Waals surface area (Å²) in [5.41, 5.74) is -0.824. The molecule has 5 amide bonds. The normalized spacial score (nSPS) is 31.9. The van der Waals surface area contributed by atoms with E-state index < -0.39 is 11.6 Å². The van der Waals surface area contributed by atoms with Gasteiger partial charge in [0.05, 0.1) is 0 Å². The maximum atomic E-state index is 12.1. The van der Waals surface area contributed by atoms with Crippen LogP contribution in [0.3, 0.4) is 0 Å². The van der Waals surface area contributed by atoms with Crippen LogP contribution in [0.15, 0.2) is 0 Å². The van der Waals surface area contributed by atoms with Gasteiger partial charge in [0.15, 0.2) is 0 Å². The van der Waals surface area contributed by atoms with Crippen molar-refractivity contribution < 1.29 is 14.4 Å². The molecular weight excluding hydrogens is 284 g/mol. The lowest BCUT2D eigenvalue weighted by atomic mass is 9.87. The van der Waals surface area contributed by atoms with Crippen LogP contribution in [0.1, 0.15) is 51.4 Å². The van der Waals surface area contributed by atoms with Crippen LogP contribution in [0.2, 0.25) is 0 Å². The van der Waals surface area contributed by atoms with Crippen molar-refractivity contribution in [3.63, 3.8) is 0 Å². The molecule has 1 spiro atoms. The summed E-state index contributed by atoms with van der Waals surface area (Å²) in [6.07, 6.45) is 8.02. The maximum Gasteiger partial charge on any atom is 0.322 e. The zero-order valence-electron chi connectivity index (χ0n) is 12.7. The Kier molecular flexibility index (Phi) is 4.22. The lowest BCUT2D eigenvalue weighted by Crippen LogP contribution is -2.54. The Morgan fingerprint density at radius 2 is 1.91 bits per heavy atom. The summed E-state index contributed by atoms with van der Waals surface area (Å²) >= 11 is 0. The number of nitrogens with one attached hydrogen (secondary N) is 4. The number of hydrogen-bond donors (Lipinski definition) is 4. The Morgan fingerprint density at radius 3 is 2.59 bits per heavy atom. The van der Waals surface area contributed by atoms with E-state index in [1.165, 1.54) is 19.3 Å². The fourth-order valence-corrected chi connectivity index (χ4v) is 4.02. The molecule has 7 nitrogen and oxygen atoms in total. The van der Waals surface area contributed by atoms with E-state index in [2.05, 4.69) is 21.3 Å². The third-order valence-corrected chi connectivity index (χ3v) is 5.24. The molecule has 2 atom stereocenters. The predicted molar refractivity (Wildman–Crippen MR) is 80.2 cm³/mol. The Balaban J connectivity index is 1.51. The summed E-state index contributed by atoms with van der Waals surface area (Å²) in [6, 6.07) is -0.331. The third-order valence-electron chi connectivity index (χ3n) is 5.24. The van der Waals surface area contributed by atoms with Gasteiger partial charge in [0.25, 0.3) is 5.91 Å². The van der Waals surface area contributed by atoms with Crippen LogP contribution >= 0.6 is 0 Å². The zero-order chi connectivity index (χ0) is 15.6. The second-order valence-electron chi connectivity index (χ2n) is 6.66. The van der Waals surface area contributed by atoms with Gasteiger partial charge >= 0.3 is 12.1 Å². The van der Waals surface area contributed by atoms with Gasteiger partial charge < -0.3 is 16.0 Å². The third kappa shape index (κ3) is 2.89. The molecule has 2 aliphatic carbocycles. The molecule has 122 valence electrons. The first-order valence-electron chi connectivity index (χ1n) is 8.28. The average molecular weight is 308 g/mol. The van der Waals surface area contributed by atoms with E-state index in [4.69, 9.17) is 0 Å². The van der Waals surface area contributed by atoms with Gasteiger partial charge in [-0.15, -0.1) is 0 Å². The SMILES string of the molecule is O=C(NCC1CCCC12NC(=O)NC2=O)NC1CCCCC1. The van der Waals surface area contributed by atoms with Crippen LogP contribution < -0.4 is 21.3 Å². The molecule has 3 fully saturated rings. The van der Waals surface area contributed by atoms with Crippen LogP contribution in [-0.2, 0) is 4.79 Å². The summed E-state index contributed by atoms with van der Waals surface area (Å²) in [5.74, 6) is -0.300. The fraction of sp³-hybridized carbons (Fsp3) is 0.800. The maximum absolute atomic E-state index is 12.1. The highest BCUT2D eigenvalue weighted by Gasteiger charge is 2.54. The molecular formula is C15H24N4O3. The number of amides is 5. The number of urea groups is 2. The minimum absolute atomic E-state index is 0.0453. The quantitative estimate of drug-likeness (QED) is 0.585. The van der Waals surface area contributed by atoms with E-state index in [0.29, 0.717) is 13.0 Å². The standard InChI is InChI=1S/C15H24N4O3/c20-12-15(19-14(22)18-12)8-4-5-10(15)9-16-13(21)17-11-6-2-1-3-7-11/h10-11H,1-9H2,(H2,16,17,21)(H2,18,19,20,22). The lowest BCUT2D eigenvalue weighted by Gasteiger charge is -2.29. The molecule has 0 radical (unpaired) electrons. The first-order chi connectivity index (χ1) is 10.6. The van der Waals surface area contributed by atoms with Gasteiger partial charge in [0.2, 0.25) is 0 Å². The molecule has 0 aromatic rings. The van der Waals surface area contributed by atoms with Crippen LogP contribution in [0.5, 0.6) is 0 Å². The molecule has 22 heavy (non-hydrogen) atoms. The number of hydrogen-bond acceptors (Lipinski definition) is 3. The minimum Gasteiger partial charge on any atom is -0.338 e. The van der Waals surface area contributed by atoms with Crippen molar-refractivity contribution in [1.82, 2.24) is 21.3 Å². The van der Waals surface area contributed by atoms with Gasteiger partial charge in [-0.05, 0) is 25.7 Å². The van der Waals surface area contributed by atoms with Crippen molar-refractivity contribution in [2.75, 3.05) is 6.54 Å². The Morgan fingerprint density at radius 1 is 1.14 bits per heavy atom. The first-order valence-corrected chi connectivity index (χ1v) is 8.28. The van der Waals surface area contributed by atoms with E-state index in [1.54, 1.807) is 0 Å². The summed E-state index contributed by atoms with van der Waals surface area (Å²) < 4.78 is 0. The molecule has 1 heterocycles. The van der Waals surface area contributed by atoms with Gasteiger partial charge in [-0.2, -0.15) is 0 Å². The highest BCUT2D eigenvalue weighted by atomic mass is 16.2. The lowest BCUT2D eigenvalue weighted by molar-refractivity contribution is -0.125. The number of rotatable bonds is 3. The highest BCUT2D eigenvalue weighted by molar-refractivity contribution is 6.07. The fourth-order valence-electron chi connectivity index (χ4n) is 4.02. The van der Waals surface area contributed by atoms with Crippen molar-refractivity contribution in [3.05, 3.63) is 0 Å². The largest absolute Gasteiger partial charge is 0.338 e. The van der Waals surface area contributed by atoms with Gasteiger partial charge in [-0.25, -0.2) is 9.59 Å². The first kappa shape index (κ1) is 15.1. The van der Waals surface area contributed by atoms with Gasteiger partial charge in [-0.3, -0.25) is 10.1 Å². The van der Waals surface area contributed by atoms with E-state index in [9.17, 15) is 14.4 Å². The number of carbonyl (C=O) groups excluding carboxylic acids is 3. The monoisotopic (exact) mass is 308 g/mol. The zero-order valence-corrected chi connectivity index (χ0v) is 12.7. The topological polar surface area (TPSA) is 99.3 Å². The summed E-state index contributed by atoms with van der Waals surface area (Å²) in [7, 11) is 0. The molecule has 1 aliphatic heterocycles. The second-order valence-corrected chi connectivity index (χ2v) is 6.66. The molecule has 2 unspecified atom stereocenters. The van der Waals surface area contributed by atoms with Crippen molar-refractivity contribution in [3.8, 4) is 0 Å². The molecule has 0 aromatic heterocycles. The van der Waals surface area contributed by atoms with E-state index in [1.807, 2.05) is 0 Å². The molecule has 3 rings (SSSR count). The van der Waals surface area contributed by atoms with Crippen LogP contribution in [0, 0.1) is 5.92 Å². The predicted octanol–water partition coefficient (Wildman–Crippen LogP) is 0.997. The van der Waals surface area contributed by atoms with Crippen LogP contribution in [0.4, 0.5) is 9.59 Å². The Labute approximate surface area is 130 Å². The van der Waals surface area contributed by atoms with Crippen molar-refractivity contribution in [2.45, 2.75) is 62.9 Å². The Bertz CT molecular complexity index is 475. The van der Waals surface area contributed by atoms with E-state index >= 15 is 0 Å². The summed E-state index contributed by atoms with van der Waals surface area (Å²) in [4.78, 5) is 35.5. The second kappa shape index (κ2) is 6.14. The molecule has 7 heteroatoms. The van der Waals surface area contributed by atoms with Gasteiger partial charge in [-0.1, -0.05) is 25.7 Å². The van der Waals surface area contributed by atoms with Crippen molar-refractivity contribution >= 4 is 18.0 Å². The molecule has 1 saturated heterocycles. The molecule has 0 aromatic carbocycles. The van der Waals surface area contributed by atoms with Crippen LogP contribution in [0.25, 0.3) is 0 Å². The minimum atomic E-state index is -0.824. The van der Waals surface area contributed by atoms with Gasteiger partial charge in [0, 0.05) is 18.5 Å². The van der Waals surface area contributed by atoms with Crippen LogP contribution in [-0.4, -0.2) is 36.1 Å². The average Bonchev–Trinajstić information content (AvgIpc) is 3.02.